The lowest BCUT2D eigenvalue weighted by Crippen LogP contribution is -2.31. The maximum Gasteiger partial charge on any atom is 0.242 e. The van der Waals surface area contributed by atoms with Crippen molar-refractivity contribution < 1.29 is 13.5 Å². The van der Waals surface area contributed by atoms with Crippen molar-refractivity contribution >= 4 is 15.7 Å². The molecule has 1 unspecified atom stereocenters. The summed E-state index contributed by atoms with van der Waals surface area (Å²) in [5.41, 5.74) is 7.40. The summed E-state index contributed by atoms with van der Waals surface area (Å²) in [6.07, 6.45) is -0.740. The molecule has 5 nitrogen and oxygen atoms in total. The zero-order valence-corrected chi connectivity index (χ0v) is 11.0. The van der Waals surface area contributed by atoms with Crippen LogP contribution in [0.1, 0.15) is 18.1 Å². The van der Waals surface area contributed by atoms with Crippen LogP contribution in [-0.4, -0.2) is 26.2 Å². The molecule has 0 radical (unpaired) electrons. The Balaban J connectivity index is 3.19. The topological polar surface area (TPSA) is 92.4 Å². The number of nitrogens with one attached hydrogen (secondary N) is 1. The van der Waals surface area contributed by atoms with Crippen LogP contribution in [0.25, 0.3) is 0 Å². The molecule has 0 aliphatic carbocycles. The minimum absolute atomic E-state index is 0.0326. The molecule has 96 valence electrons. The number of anilines is 1. The van der Waals surface area contributed by atoms with Crippen molar-refractivity contribution in [3.63, 3.8) is 0 Å². The van der Waals surface area contributed by atoms with Crippen LogP contribution in [0.5, 0.6) is 0 Å². The second kappa shape index (κ2) is 5.03. The Hall–Kier alpha value is -1.11. The molecule has 6 heteroatoms. The van der Waals surface area contributed by atoms with E-state index in [9.17, 15) is 8.42 Å². The summed E-state index contributed by atoms with van der Waals surface area (Å²) in [7, 11) is -3.67. The van der Waals surface area contributed by atoms with Crippen molar-refractivity contribution in [2.75, 3.05) is 12.3 Å². The molecule has 0 aliphatic rings. The summed E-state index contributed by atoms with van der Waals surface area (Å²) in [5, 5.41) is 9.10. The van der Waals surface area contributed by atoms with Gasteiger partial charge in [-0.15, -0.1) is 0 Å². The van der Waals surface area contributed by atoms with E-state index in [1.807, 2.05) is 6.92 Å². The minimum atomic E-state index is -3.67. The Morgan fingerprint density at radius 3 is 2.53 bits per heavy atom. The van der Waals surface area contributed by atoms with E-state index in [2.05, 4.69) is 4.72 Å². The van der Waals surface area contributed by atoms with Gasteiger partial charge in [-0.25, -0.2) is 13.1 Å². The average molecular weight is 258 g/mol. The van der Waals surface area contributed by atoms with Crippen LogP contribution < -0.4 is 10.5 Å². The van der Waals surface area contributed by atoms with Gasteiger partial charge in [0, 0.05) is 6.54 Å². The molecule has 0 aromatic heterocycles. The minimum Gasteiger partial charge on any atom is -0.398 e. The van der Waals surface area contributed by atoms with Crippen LogP contribution in [0.4, 0.5) is 5.69 Å². The van der Waals surface area contributed by atoms with Crippen molar-refractivity contribution in [1.82, 2.24) is 4.72 Å². The van der Waals surface area contributed by atoms with Crippen LogP contribution in [0.2, 0.25) is 0 Å². The Morgan fingerprint density at radius 2 is 2.00 bits per heavy atom. The highest BCUT2D eigenvalue weighted by atomic mass is 32.2. The normalized spacial score (nSPS) is 13.6. The SMILES string of the molecule is Cc1ccc(N)c(S(=O)(=O)NCC(C)O)c1C. The molecule has 0 amide bonds. The van der Waals surface area contributed by atoms with Crippen LogP contribution in [0.3, 0.4) is 0 Å². The van der Waals surface area contributed by atoms with Crippen LogP contribution in [0, 0.1) is 13.8 Å². The molecule has 0 aliphatic heterocycles. The Morgan fingerprint density at radius 1 is 1.41 bits per heavy atom. The molecular weight excluding hydrogens is 240 g/mol. The van der Waals surface area contributed by atoms with Gasteiger partial charge in [0.25, 0.3) is 0 Å². The lowest BCUT2D eigenvalue weighted by Gasteiger charge is -2.14. The summed E-state index contributed by atoms with van der Waals surface area (Å²) in [6, 6.07) is 3.34. The summed E-state index contributed by atoms with van der Waals surface area (Å²) in [4.78, 5) is 0.0955. The number of aliphatic hydroxyl groups is 1. The molecule has 17 heavy (non-hydrogen) atoms. The van der Waals surface area contributed by atoms with E-state index in [-0.39, 0.29) is 17.1 Å². The van der Waals surface area contributed by atoms with E-state index in [0.717, 1.165) is 5.56 Å². The second-order valence-corrected chi connectivity index (χ2v) is 5.83. The molecule has 4 N–H and O–H groups in total. The smallest absolute Gasteiger partial charge is 0.242 e. The fraction of sp³-hybridized carbons (Fsp3) is 0.455. The van der Waals surface area contributed by atoms with Gasteiger partial charge in [0.05, 0.1) is 11.8 Å². The summed E-state index contributed by atoms with van der Waals surface area (Å²) in [6.45, 7) is 5.01. The molecule has 1 rings (SSSR count). The van der Waals surface area contributed by atoms with Crippen LogP contribution >= 0.6 is 0 Å². The number of benzene rings is 1. The van der Waals surface area contributed by atoms with Gasteiger partial charge in [-0.2, -0.15) is 0 Å². The fourth-order valence-corrected chi connectivity index (χ4v) is 3.02. The Kier molecular flexibility index (Phi) is 4.13. The van der Waals surface area contributed by atoms with Crippen molar-refractivity contribution in [2.45, 2.75) is 31.8 Å². The van der Waals surface area contributed by atoms with Crippen LogP contribution in [-0.2, 0) is 10.0 Å². The predicted molar refractivity (Wildman–Crippen MR) is 67.2 cm³/mol. The number of nitrogen functional groups attached to an aromatic ring is 1. The number of aliphatic hydroxyl groups excluding tert-OH is 1. The first-order valence-electron chi connectivity index (χ1n) is 5.29. The highest BCUT2D eigenvalue weighted by molar-refractivity contribution is 7.89. The summed E-state index contributed by atoms with van der Waals surface area (Å²) >= 11 is 0. The van der Waals surface area contributed by atoms with Crippen LogP contribution in [0.15, 0.2) is 17.0 Å². The molecule has 1 aromatic rings. The average Bonchev–Trinajstić information content (AvgIpc) is 2.21. The first-order chi connectivity index (χ1) is 7.75. The second-order valence-electron chi connectivity index (χ2n) is 4.13. The molecular formula is C11H18N2O3S. The monoisotopic (exact) mass is 258 g/mol. The number of nitrogens with two attached hydrogens (primary N) is 1. The van der Waals surface area contributed by atoms with E-state index in [0.29, 0.717) is 5.56 Å². The molecule has 0 spiro atoms. The largest absolute Gasteiger partial charge is 0.398 e. The first-order valence-corrected chi connectivity index (χ1v) is 6.77. The molecule has 1 atom stereocenters. The number of sulfonamides is 1. The molecule has 0 bridgehead atoms. The van der Waals surface area contributed by atoms with Gasteiger partial charge in [0.1, 0.15) is 4.90 Å². The lowest BCUT2D eigenvalue weighted by molar-refractivity contribution is 0.198. The first kappa shape index (κ1) is 14.0. The third-order valence-corrected chi connectivity index (χ3v) is 4.17. The summed E-state index contributed by atoms with van der Waals surface area (Å²) in [5.74, 6) is 0. The maximum atomic E-state index is 12.0. The molecule has 0 saturated carbocycles. The van der Waals surface area contributed by atoms with Crippen molar-refractivity contribution in [3.05, 3.63) is 23.3 Å². The van der Waals surface area contributed by atoms with E-state index in [1.54, 1.807) is 19.1 Å². The highest BCUT2D eigenvalue weighted by Gasteiger charge is 2.21. The fourth-order valence-electron chi connectivity index (χ4n) is 1.47. The molecule has 1 aromatic carbocycles. The number of hydrogen-bond acceptors (Lipinski definition) is 4. The van der Waals surface area contributed by atoms with E-state index in [1.165, 1.54) is 6.92 Å². The third kappa shape index (κ3) is 3.18. The number of hydrogen-bond donors (Lipinski definition) is 3. The molecule has 0 saturated heterocycles. The van der Waals surface area contributed by atoms with Crippen molar-refractivity contribution in [3.8, 4) is 0 Å². The lowest BCUT2D eigenvalue weighted by atomic mass is 10.1. The van der Waals surface area contributed by atoms with Gasteiger partial charge < -0.3 is 10.8 Å². The Bertz CT molecular complexity index is 510. The van der Waals surface area contributed by atoms with Gasteiger partial charge in [0.15, 0.2) is 0 Å². The summed E-state index contributed by atoms with van der Waals surface area (Å²) < 4.78 is 26.4. The molecule has 0 heterocycles. The number of rotatable bonds is 4. The zero-order chi connectivity index (χ0) is 13.2. The molecule has 0 fully saturated rings. The van der Waals surface area contributed by atoms with Crippen molar-refractivity contribution in [1.29, 1.82) is 0 Å². The van der Waals surface area contributed by atoms with Crippen molar-refractivity contribution in [2.24, 2.45) is 0 Å². The van der Waals surface area contributed by atoms with Gasteiger partial charge in [-0.1, -0.05) is 6.07 Å². The quantitative estimate of drug-likeness (QED) is 0.687. The maximum absolute atomic E-state index is 12.0. The standard InChI is InChI=1S/C11H18N2O3S/c1-7-4-5-10(12)11(9(7)3)17(15,16)13-6-8(2)14/h4-5,8,13-14H,6,12H2,1-3H3. The van der Waals surface area contributed by atoms with E-state index in [4.69, 9.17) is 10.8 Å². The van der Waals surface area contributed by atoms with Gasteiger partial charge in [-0.05, 0) is 38.0 Å². The third-order valence-electron chi connectivity index (χ3n) is 2.54. The van der Waals surface area contributed by atoms with E-state index >= 15 is 0 Å². The number of aryl methyl sites for hydroxylation is 1. The highest BCUT2D eigenvalue weighted by Crippen LogP contribution is 2.24. The van der Waals surface area contributed by atoms with Gasteiger partial charge >= 0.3 is 0 Å². The Labute approximate surface area is 102 Å². The predicted octanol–water partition coefficient (Wildman–Crippen LogP) is 0.545. The van der Waals surface area contributed by atoms with Gasteiger partial charge in [0.2, 0.25) is 10.0 Å². The van der Waals surface area contributed by atoms with Gasteiger partial charge in [-0.3, -0.25) is 0 Å². The van der Waals surface area contributed by atoms with E-state index < -0.39 is 16.1 Å². The zero-order valence-electron chi connectivity index (χ0n) is 10.2.